The molecule has 8 nitrogen and oxygen atoms in total. The summed E-state index contributed by atoms with van der Waals surface area (Å²) in [4.78, 5) is 10.6. The van der Waals surface area contributed by atoms with Gasteiger partial charge in [0, 0.05) is 31.0 Å². The maximum atomic E-state index is 6.18. The monoisotopic (exact) mass is 329 g/mol. The summed E-state index contributed by atoms with van der Waals surface area (Å²) >= 11 is 0. The number of ether oxygens (including phenoxy) is 2. The molecule has 0 radical (unpaired) electrons. The van der Waals surface area contributed by atoms with Crippen molar-refractivity contribution in [1.29, 1.82) is 0 Å². The van der Waals surface area contributed by atoms with E-state index in [0.29, 0.717) is 23.6 Å². The van der Waals surface area contributed by atoms with Gasteiger partial charge in [-0.05, 0) is 19.3 Å². The van der Waals surface area contributed by atoms with E-state index in [1.165, 1.54) is 6.33 Å². The lowest BCUT2D eigenvalue weighted by Crippen LogP contribution is -2.24. The fourth-order valence-corrected chi connectivity index (χ4v) is 3.60. The summed E-state index contributed by atoms with van der Waals surface area (Å²) in [6.07, 6.45) is 4.87. The number of aromatic nitrogens is 4. The summed E-state index contributed by atoms with van der Waals surface area (Å²) < 4.78 is 17.2. The summed E-state index contributed by atoms with van der Waals surface area (Å²) in [6, 6.07) is 1.86. The fourth-order valence-electron chi connectivity index (χ4n) is 3.60. The Morgan fingerprint density at radius 1 is 1.17 bits per heavy atom. The van der Waals surface area contributed by atoms with Crippen molar-refractivity contribution in [3.63, 3.8) is 0 Å². The molecule has 24 heavy (non-hydrogen) atoms. The summed E-state index contributed by atoms with van der Waals surface area (Å²) in [5.41, 5.74) is 0. The normalized spacial score (nSPS) is 29.0. The Morgan fingerprint density at radius 2 is 2.04 bits per heavy atom. The van der Waals surface area contributed by atoms with Crippen LogP contribution in [-0.2, 0) is 4.74 Å². The molecule has 3 aliphatic rings. The zero-order valence-electron chi connectivity index (χ0n) is 13.5. The van der Waals surface area contributed by atoms with E-state index in [4.69, 9.17) is 13.9 Å². The fraction of sp³-hybridized carbons (Fsp3) is 0.625. The molecule has 0 N–H and O–H groups in total. The standard InChI is InChI=1S/C16H19N5O3/c1-22-14-5-13(17-8-18-14)21-6-10-4-11(23-12(10)7-21)16-20-19-15(24-16)9-2-3-9/h5,8-12H,2-4,6-7H2,1H3/t10-,11-,12+/m0/s1. The van der Waals surface area contributed by atoms with Gasteiger partial charge in [0.25, 0.3) is 0 Å². The highest BCUT2D eigenvalue weighted by atomic mass is 16.5. The van der Waals surface area contributed by atoms with E-state index in [-0.39, 0.29) is 12.2 Å². The van der Waals surface area contributed by atoms with E-state index < -0.39 is 0 Å². The minimum atomic E-state index is -0.0675. The van der Waals surface area contributed by atoms with Crippen molar-refractivity contribution in [2.45, 2.75) is 37.4 Å². The first-order valence-electron chi connectivity index (χ1n) is 8.40. The Hall–Kier alpha value is -2.22. The van der Waals surface area contributed by atoms with Gasteiger partial charge in [0.05, 0.1) is 13.2 Å². The highest BCUT2D eigenvalue weighted by Gasteiger charge is 2.45. The Balaban J connectivity index is 1.26. The largest absolute Gasteiger partial charge is 0.481 e. The number of methoxy groups -OCH3 is 1. The predicted octanol–water partition coefficient (Wildman–Crippen LogP) is 1.71. The van der Waals surface area contributed by atoms with Gasteiger partial charge in [-0.2, -0.15) is 0 Å². The molecule has 0 spiro atoms. The molecule has 2 aromatic heterocycles. The Morgan fingerprint density at radius 3 is 2.83 bits per heavy atom. The first kappa shape index (κ1) is 14.2. The van der Waals surface area contributed by atoms with Gasteiger partial charge in [-0.1, -0.05) is 0 Å². The molecule has 126 valence electrons. The van der Waals surface area contributed by atoms with Crippen LogP contribution in [0.15, 0.2) is 16.8 Å². The van der Waals surface area contributed by atoms with Gasteiger partial charge in [-0.15, -0.1) is 10.2 Å². The Labute approximate surface area is 139 Å². The highest BCUT2D eigenvalue weighted by Crippen LogP contribution is 2.43. The molecule has 0 unspecified atom stereocenters. The average Bonchev–Trinajstić information content (AvgIpc) is 3.04. The van der Waals surface area contributed by atoms with Crippen LogP contribution in [0.3, 0.4) is 0 Å². The van der Waals surface area contributed by atoms with Crippen molar-refractivity contribution in [2.75, 3.05) is 25.1 Å². The smallest absolute Gasteiger partial charge is 0.245 e. The van der Waals surface area contributed by atoms with Gasteiger partial charge in [-0.3, -0.25) is 0 Å². The van der Waals surface area contributed by atoms with Gasteiger partial charge in [0.15, 0.2) is 0 Å². The van der Waals surface area contributed by atoms with Gasteiger partial charge in [-0.25, -0.2) is 9.97 Å². The molecule has 0 amide bonds. The first-order valence-corrected chi connectivity index (χ1v) is 8.40. The molecule has 2 saturated heterocycles. The maximum Gasteiger partial charge on any atom is 0.245 e. The molecule has 1 aliphatic carbocycles. The van der Waals surface area contributed by atoms with Crippen LogP contribution in [-0.4, -0.2) is 46.5 Å². The van der Waals surface area contributed by atoms with Gasteiger partial charge in [0.2, 0.25) is 17.7 Å². The average molecular weight is 329 g/mol. The zero-order chi connectivity index (χ0) is 16.1. The van der Waals surface area contributed by atoms with Gasteiger partial charge >= 0.3 is 0 Å². The van der Waals surface area contributed by atoms with Crippen molar-refractivity contribution >= 4 is 5.82 Å². The van der Waals surface area contributed by atoms with Crippen molar-refractivity contribution in [1.82, 2.24) is 20.2 Å². The molecule has 2 aliphatic heterocycles. The van der Waals surface area contributed by atoms with Gasteiger partial charge < -0.3 is 18.8 Å². The van der Waals surface area contributed by atoms with Crippen LogP contribution >= 0.6 is 0 Å². The minimum absolute atomic E-state index is 0.0675. The van der Waals surface area contributed by atoms with Gasteiger partial charge in [0.1, 0.15) is 18.2 Å². The lowest BCUT2D eigenvalue weighted by molar-refractivity contribution is 0.0329. The molecule has 4 heterocycles. The Bertz CT molecular complexity index is 733. The van der Waals surface area contributed by atoms with E-state index >= 15 is 0 Å². The van der Waals surface area contributed by atoms with E-state index in [9.17, 15) is 0 Å². The quantitative estimate of drug-likeness (QED) is 0.838. The number of nitrogens with zero attached hydrogens (tertiary/aromatic N) is 5. The van der Waals surface area contributed by atoms with Crippen LogP contribution in [0.2, 0.25) is 0 Å². The third-order valence-electron chi connectivity index (χ3n) is 5.06. The van der Waals surface area contributed by atoms with Crippen molar-refractivity contribution in [3.05, 3.63) is 24.2 Å². The minimum Gasteiger partial charge on any atom is -0.481 e. The van der Waals surface area contributed by atoms with Crippen LogP contribution < -0.4 is 9.64 Å². The molecular formula is C16H19N5O3. The summed E-state index contributed by atoms with van der Waals surface area (Å²) in [5.74, 6) is 3.81. The van der Waals surface area contributed by atoms with E-state index in [1.54, 1.807) is 7.11 Å². The molecule has 8 heteroatoms. The lowest BCUT2D eigenvalue weighted by atomic mass is 10.0. The third-order valence-corrected chi connectivity index (χ3v) is 5.06. The van der Waals surface area contributed by atoms with Crippen molar-refractivity contribution in [3.8, 4) is 5.88 Å². The van der Waals surface area contributed by atoms with Crippen LogP contribution in [0.4, 0.5) is 5.82 Å². The molecule has 3 atom stereocenters. The maximum absolute atomic E-state index is 6.18. The second kappa shape index (κ2) is 5.41. The van der Waals surface area contributed by atoms with Crippen LogP contribution in [0, 0.1) is 5.92 Å². The van der Waals surface area contributed by atoms with Crippen LogP contribution in [0.1, 0.15) is 43.1 Å². The molecular weight excluding hydrogens is 310 g/mol. The van der Waals surface area contributed by atoms with E-state index in [1.807, 2.05) is 6.07 Å². The second-order valence-electron chi connectivity index (χ2n) is 6.74. The van der Waals surface area contributed by atoms with Crippen molar-refractivity contribution < 1.29 is 13.9 Å². The molecule has 0 aromatic carbocycles. The topological polar surface area (TPSA) is 86.4 Å². The summed E-state index contributed by atoms with van der Waals surface area (Å²) in [7, 11) is 1.61. The number of anilines is 1. The van der Waals surface area contributed by atoms with Crippen LogP contribution in [0.25, 0.3) is 0 Å². The number of fused-ring (bicyclic) bond motifs is 1. The molecule has 0 bridgehead atoms. The van der Waals surface area contributed by atoms with E-state index in [2.05, 4.69) is 25.1 Å². The highest BCUT2D eigenvalue weighted by molar-refractivity contribution is 5.42. The molecule has 3 fully saturated rings. The Kier molecular flexibility index (Phi) is 3.19. The summed E-state index contributed by atoms with van der Waals surface area (Å²) in [5, 5.41) is 8.35. The number of rotatable bonds is 4. The van der Waals surface area contributed by atoms with E-state index in [0.717, 1.165) is 44.1 Å². The molecule has 5 rings (SSSR count). The second-order valence-corrected chi connectivity index (χ2v) is 6.74. The predicted molar refractivity (Wildman–Crippen MR) is 82.8 cm³/mol. The van der Waals surface area contributed by atoms with Crippen molar-refractivity contribution in [2.24, 2.45) is 5.92 Å². The first-order chi connectivity index (χ1) is 11.8. The summed E-state index contributed by atoms with van der Waals surface area (Å²) in [6.45, 7) is 1.72. The zero-order valence-corrected chi connectivity index (χ0v) is 13.5. The lowest BCUT2D eigenvalue weighted by Gasteiger charge is -2.19. The number of hydrogen-bond donors (Lipinski definition) is 0. The molecule has 2 aromatic rings. The SMILES string of the molecule is COc1cc(N2C[C@@H]3C[C@@H](c4nnc(C5CC5)o4)O[C@@H]3C2)ncn1. The number of hydrogen-bond acceptors (Lipinski definition) is 8. The van der Waals surface area contributed by atoms with Crippen LogP contribution in [0.5, 0.6) is 5.88 Å². The third kappa shape index (κ3) is 2.41. The molecule has 1 saturated carbocycles.